The normalized spacial score (nSPS) is 12.0. The molecule has 0 aliphatic rings. The zero-order valence-electron chi connectivity index (χ0n) is 6.31. The van der Waals surface area contributed by atoms with E-state index >= 15 is 0 Å². The highest BCUT2D eigenvalue weighted by molar-refractivity contribution is 9.09. The summed E-state index contributed by atoms with van der Waals surface area (Å²) in [6.45, 7) is 6.06. The van der Waals surface area contributed by atoms with E-state index in [1.54, 1.807) is 6.26 Å². The largest absolute Gasteiger partial charge is 0.364 e. The summed E-state index contributed by atoms with van der Waals surface area (Å²) < 4.78 is 4.76. The maximum Gasteiger partial charge on any atom is 0.128 e. The molecule has 0 fully saturated rings. The first-order valence-corrected chi connectivity index (χ1v) is 3.91. The molecule has 3 heteroatoms. The molecule has 56 valence electrons. The third-order valence-corrected chi connectivity index (χ3v) is 1.82. The van der Waals surface area contributed by atoms with Crippen LogP contribution in [0.3, 0.4) is 0 Å². The predicted octanol–water partition coefficient (Wildman–Crippen LogP) is 2.61. The maximum absolute atomic E-state index is 4.79. The van der Waals surface area contributed by atoms with Gasteiger partial charge in [0.15, 0.2) is 0 Å². The van der Waals surface area contributed by atoms with Crippen LogP contribution >= 0.6 is 15.9 Å². The van der Waals surface area contributed by atoms with Gasteiger partial charge in [0.05, 0.1) is 10.0 Å². The van der Waals surface area contributed by atoms with Crippen molar-refractivity contribution >= 4 is 15.9 Å². The molecule has 1 aromatic rings. The smallest absolute Gasteiger partial charge is 0.128 e. The van der Waals surface area contributed by atoms with Crippen LogP contribution in [0.1, 0.15) is 25.1 Å². The van der Waals surface area contributed by atoms with Crippen LogP contribution in [0.5, 0.6) is 0 Å². The second kappa shape index (κ2) is 2.38. The van der Waals surface area contributed by atoms with Crippen molar-refractivity contribution < 1.29 is 4.52 Å². The van der Waals surface area contributed by atoms with Gasteiger partial charge in [-0.15, -0.1) is 0 Å². The fourth-order valence-electron chi connectivity index (χ4n) is 0.863. The highest BCUT2D eigenvalue weighted by atomic mass is 79.9. The van der Waals surface area contributed by atoms with Gasteiger partial charge in [-0.3, -0.25) is 0 Å². The van der Waals surface area contributed by atoms with Crippen LogP contribution in [0.2, 0.25) is 0 Å². The number of halogens is 1. The minimum atomic E-state index is -0.0307. The number of aryl methyl sites for hydroxylation is 1. The molecule has 0 N–H and O–H groups in total. The van der Waals surface area contributed by atoms with E-state index in [2.05, 4.69) is 34.9 Å². The van der Waals surface area contributed by atoms with Crippen LogP contribution in [-0.4, -0.2) is 5.16 Å². The summed E-state index contributed by atoms with van der Waals surface area (Å²) in [6, 6.07) is 0. The van der Waals surface area contributed by atoms with E-state index in [0.717, 1.165) is 11.3 Å². The number of aromatic nitrogens is 1. The van der Waals surface area contributed by atoms with E-state index in [-0.39, 0.29) is 4.32 Å². The Balaban J connectivity index is 3.05. The Morgan fingerprint density at radius 2 is 2.20 bits per heavy atom. The van der Waals surface area contributed by atoms with Gasteiger partial charge in [-0.1, -0.05) is 21.1 Å². The zero-order chi connectivity index (χ0) is 7.78. The van der Waals surface area contributed by atoms with Crippen molar-refractivity contribution in [1.82, 2.24) is 5.16 Å². The lowest BCUT2D eigenvalue weighted by atomic mass is 10.1. The van der Waals surface area contributed by atoms with Crippen LogP contribution in [0.25, 0.3) is 0 Å². The zero-order valence-corrected chi connectivity index (χ0v) is 7.90. The molecule has 0 radical (unpaired) electrons. The summed E-state index contributed by atoms with van der Waals surface area (Å²) in [5, 5.41) is 3.78. The van der Waals surface area contributed by atoms with E-state index in [1.807, 2.05) is 6.92 Å². The Labute approximate surface area is 68.7 Å². The van der Waals surface area contributed by atoms with E-state index < -0.39 is 0 Å². The van der Waals surface area contributed by atoms with Gasteiger partial charge >= 0.3 is 0 Å². The fourth-order valence-corrected chi connectivity index (χ4v) is 1.24. The average Bonchev–Trinajstić information content (AvgIpc) is 2.11. The SMILES string of the molecule is Cc1nocc1C(C)(C)Br. The van der Waals surface area contributed by atoms with Crippen molar-refractivity contribution in [3.63, 3.8) is 0 Å². The molecule has 0 spiro atoms. The minimum Gasteiger partial charge on any atom is -0.364 e. The highest BCUT2D eigenvalue weighted by Gasteiger charge is 2.20. The summed E-state index contributed by atoms with van der Waals surface area (Å²) in [6.07, 6.45) is 1.67. The quantitative estimate of drug-likeness (QED) is 0.657. The molecule has 1 aromatic heterocycles. The molecule has 0 aliphatic heterocycles. The van der Waals surface area contributed by atoms with Crippen molar-refractivity contribution in [1.29, 1.82) is 0 Å². The number of rotatable bonds is 1. The summed E-state index contributed by atoms with van der Waals surface area (Å²) in [5.74, 6) is 0. The second-order valence-corrected chi connectivity index (χ2v) is 4.77. The molecular formula is C7H10BrNO. The number of hydrogen-bond acceptors (Lipinski definition) is 2. The number of hydrogen-bond donors (Lipinski definition) is 0. The van der Waals surface area contributed by atoms with Crippen molar-refractivity contribution in [2.45, 2.75) is 25.1 Å². The van der Waals surface area contributed by atoms with Gasteiger partial charge in [-0.05, 0) is 20.8 Å². The van der Waals surface area contributed by atoms with E-state index in [4.69, 9.17) is 4.52 Å². The first-order chi connectivity index (χ1) is 4.52. The van der Waals surface area contributed by atoms with Crippen LogP contribution in [0, 0.1) is 6.92 Å². The van der Waals surface area contributed by atoms with E-state index in [9.17, 15) is 0 Å². The lowest BCUT2D eigenvalue weighted by Crippen LogP contribution is -2.06. The number of alkyl halides is 1. The Bertz CT molecular complexity index is 224. The van der Waals surface area contributed by atoms with E-state index in [1.165, 1.54) is 0 Å². The van der Waals surface area contributed by atoms with Gasteiger partial charge in [0.2, 0.25) is 0 Å². The molecule has 0 aromatic carbocycles. The standard InChI is InChI=1S/C7H10BrNO/c1-5-6(4-10-9-5)7(2,3)8/h4H,1-3H3. The van der Waals surface area contributed by atoms with Gasteiger partial charge in [0, 0.05) is 5.56 Å². The van der Waals surface area contributed by atoms with Crippen molar-refractivity contribution in [3.05, 3.63) is 17.5 Å². The van der Waals surface area contributed by atoms with Crippen LogP contribution in [-0.2, 0) is 4.32 Å². The van der Waals surface area contributed by atoms with Gasteiger partial charge in [0.25, 0.3) is 0 Å². The topological polar surface area (TPSA) is 26.0 Å². The Hall–Kier alpha value is -0.310. The van der Waals surface area contributed by atoms with Gasteiger partial charge in [-0.2, -0.15) is 0 Å². The Morgan fingerprint density at radius 3 is 2.40 bits per heavy atom. The third kappa shape index (κ3) is 1.40. The molecule has 0 atom stereocenters. The molecule has 1 rings (SSSR count). The molecule has 10 heavy (non-hydrogen) atoms. The average molecular weight is 204 g/mol. The number of nitrogens with zero attached hydrogens (tertiary/aromatic N) is 1. The minimum absolute atomic E-state index is 0.0307. The molecule has 1 heterocycles. The molecular weight excluding hydrogens is 194 g/mol. The first-order valence-electron chi connectivity index (χ1n) is 3.12. The molecule has 0 aliphatic carbocycles. The molecule has 0 unspecified atom stereocenters. The van der Waals surface area contributed by atoms with Crippen molar-refractivity contribution in [3.8, 4) is 0 Å². The molecule has 0 saturated heterocycles. The van der Waals surface area contributed by atoms with Crippen LogP contribution in [0.15, 0.2) is 10.8 Å². The summed E-state index contributed by atoms with van der Waals surface area (Å²) in [5.41, 5.74) is 2.05. The second-order valence-electron chi connectivity index (χ2n) is 2.79. The monoisotopic (exact) mass is 203 g/mol. The Kier molecular flexibility index (Phi) is 1.86. The molecule has 0 amide bonds. The lowest BCUT2D eigenvalue weighted by Gasteiger charge is -2.12. The van der Waals surface area contributed by atoms with Crippen LogP contribution < -0.4 is 0 Å². The highest BCUT2D eigenvalue weighted by Crippen LogP contribution is 2.31. The van der Waals surface area contributed by atoms with Gasteiger partial charge in [0.1, 0.15) is 6.26 Å². The van der Waals surface area contributed by atoms with Crippen molar-refractivity contribution in [2.75, 3.05) is 0 Å². The molecule has 2 nitrogen and oxygen atoms in total. The molecule has 0 bridgehead atoms. The predicted molar refractivity (Wildman–Crippen MR) is 43.2 cm³/mol. The van der Waals surface area contributed by atoms with Gasteiger partial charge in [-0.25, -0.2) is 0 Å². The molecule has 0 saturated carbocycles. The van der Waals surface area contributed by atoms with Crippen LogP contribution in [0.4, 0.5) is 0 Å². The summed E-state index contributed by atoms with van der Waals surface area (Å²) >= 11 is 3.52. The Morgan fingerprint density at radius 1 is 1.60 bits per heavy atom. The summed E-state index contributed by atoms with van der Waals surface area (Å²) in [7, 11) is 0. The summed E-state index contributed by atoms with van der Waals surface area (Å²) in [4.78, 5) is 0. The lowest BCUT2D eigenvalue weighted by molar-refractivity contribution is 0.414. The fraction of sp³-hybridized carbons (Fsp3) is 0.571. The third-order valence-electron chi connectivity index (χ3n) is 1.39. The first kappa shape index (κ1) is 7.79. The van der Waals surface area contributed by atoms with Crippen molar-refractivity contribution in [2.24, 2.45) is 0 Å². The maximum atomic E-state index is 4.79. The van der Waals surface area contributed by atoms with E-state index in [0.29, 0.717) is 0 Å². The van der Waals surface area contributed by atoms with Gasteiger partial charge < -0.3 is 4.52 Å².